The van der Waals surface area contributed by atoms with Gasteiger partial charge in [0.25, 0.3) is 5.56 Å². The third kappa shape index (κ3) is 3.15. The lowest BCUT2D eigenvalue weighted by Gasteiger charge is -2.38. The number of amides is 1. The minimum Gasteiger partial charge on any atom is -0.349 e. The minimum absolute atomic E-state index is 0.0332. The number of nitrogens with one attached hydrogen (secondary N) is 1. The summed E-state index contributed by atoms with van der Waals surface area (Å²) in [6, 6.07) is 1.54. The van der Waals surface area contributed by atoms with Crippen molar-refractivity contribution in [3.8, 4) is 0 Å². The summed E-state index contributed by atoms with van der Waals surface area (Å²) in [4.78, 5) is 51.2. The third-order valence-corrected chi connectivity index (χ3v) is 9.95. The molecule has 0 radical (unpaired) electrons. The van der Waals surface area contributed by atoms with Crippen LogP contribution in [-0.4, -0.2) is 56.7 Å². The molecule has 2 aliphatic heterocycles. The van der Waals surface area contributed by atoms with Gasteiger partial charge in [0.1, 0.15) is 28.4 Å². The smallest absolute Gasteiger partial charge is 0.275 e. The highest BCUT2D eigenvalue weighted by Crippen LogP contribution is 2.46. The number of carbonyl (C=O) groups excluding carboxylic acids is 2. The molecule has 1 saturated heterocycles. The van der Waals surface area contributed by atoms with Gasteiger partial charge in [-0.2, -0.15) is 11.8 Å². The first-order valence-corrected chi connectivity index (χ1v) is 13.4. The van der Waals surface area contributed by atoms with E-state index in [1.165, 1.54) is 12.4 Å². The van der Waals surface area contributed by atoms with Crippen molar-refractivity contribution in [2.45, 2.75) is 31.2 Å². The van der Waals surface area contributed by atoms with Gasteiger partial charge in [0.05, 0.1) is 15.9 Å². The number of carbonyl (C=O) groups is 2. The Morgan fingerprint density at radius 1 is 1.29 bits per heavy atom. The van der Waals surface area contributed by atoms with Crippen LogP contribution in [-0.2, 0) is 23.2 Å². The molecule has 6 rings (SSSR count). The summed E-state index contributed by atoms with van der Waals surface area (Å²) in [6.07, 6.45) is 4.00. The molecule has 1 aliphatic carbocycles. The van der Waals surface area contributed by atoms with E-state index in [4.69, 9.17) is 11.6 Å². The Balaban J connectivity index is 1.41. The summed E-state index contributed by atoms with van der Waals surface area (Å²) in [5.74, 6) is 2.05. The van der Waals surface area contributed by atoms with Gasteiger partial charge in [0, 0.05) is 42.8 Å². The Bertz CT molecular complexity index is 1440. The maximum Gasteiger partial charge on any atom is 0.275 e. The summed E-state index contributed by atoms with van der Waals surface area (Å²) in [6.45, 7) is 0. The van der Waals surface area contributed by atoms with E-state index >= 15 is 0 Å². The number of thiophene rings is 1. The second-order valence-corrected chi connectivity index (χ2v) is 11.9. The van der Waals surface area contributed by atoms with Crippen molar-refractivity contribution >= 4 is 68.1 Å². The van der Waals surface area contributed by atoms with E-state index in [1.807, 2.05) is 0 Å². The van der Waals surface area contributed by atoms with Gasteiger partial charge in [-0.1, -0.05) is 11.6 Å². The molecule has 1 amide bonds. The molecule has 1 N–H and O–H groups in total. The highest BCUT2D eigenvalue weighted by Gasteiger charge is 2.50. The highest BCUT2D eigenvalue weighted by atomic mass is 35.5. The molecule has 34 heavy (non-hydrogen) atoms. The van der Waals surface area contributed by atoms with E-state index in [1.54, 1.807) is 46.7 Å². The zero-order valence-corrected chi connectivity index (χ0v) is 21.1. The maximum atomic E-state index is 13.5. The fourth-order valence-corrected chi connectivity index (χ4v) is 8.03. The lowest BCUT2D eigenvalue weighted by Crippen LogP contribution is -2.48. The van der Waals surface area contributed by atoms with E-state index in [0.29, 0.717) is 30.0 Å². The summed E-state index contributed by atoms with van der Waals surface area (Å²) >= 11 is 9.81. The van der Waals surface area contributed by atoms with Crippen molar-refractivity contribution in [2.24, 2.45) is 5.92 Å². The van der Waals surface area contributed by atoms with Crippen LogP contribution in [0.3, 0.4) is 0 Å². The fraction of sp³-hybridized carbons (Fsp3) is 0.435. The standard InChI is InChI=1S/C23H22ClN5O3S2/c1-28(2)21(31)11-3-4-12-16(5-11)34-20-17(12)19(25-10-26-20)27-14-6-13(24)18-15(30)7-23(8-33-9-23)29(18)22(14)32/h6,10-11H,3-5,7-9H2,1-2H3,(H,25,26,27)/t11-/m0/s1. The zero-order chi connectivity index (χ0) is 23.8. The number of anilines is 2. The van der Waals surface area contributed by atoms with Gasteiger partial charge in [-0.3, -0.25) is 19.0 Å². The van der Waals surface area contributed by atoms with Gasteiger partial charge >= 0.3 is 0 Å². The molecular formula is C23H22ClN5O3S2. The van der Waals surface area contributed by atoms with E-state index in [2.05, 4.69) is 15.3 Å². The zero-order valence-electron chi connectivity index (χ0n) is 18.7. The summed E-state index contributed by atoms with van der Waals surface area (Å²) in [5.41, 5.74) is 1.04. The van der Waals surface area contributed by atoms with Crippen LogP contribution < -0.4 is 10.9 Å². The number of aryl methyl sites for hydroxylation is 1. The van der Waals surface area contributed by atoms with Crippen LogP contribution in [0.2, 0.25) is 5.02 Å². The predicted octanol–water partition coefficient (Wildman–Crippen LogP) is 3.47. The van der Waals surface area contributed by atoms with Crippen molar-refractivity contribution in [1.29, 1.82) is 0 Å². The number of halogens is 1. The van der Waals surface area contributed by atoms with Gasteiger partial charge in [-0.25, -0.2) is 9.97 Å². The average Bonchev–Trinajstić information content (AvgIpc) is 3.32. The Hall–Kier alpha value is -2.43. The third-order valence-electron chi connectivity index (χ3n) is 7.01. The second kappa shape index (κ2) is 7.79. The fourth-order valence-electron chi connectivity index (χ4n) is 5.32. The van der Waals surface area contributed by atoms with Gasteiger partial charge in [-0.15, -0.1) is 11.3 Å². The molecule has 1 fully saturated rings. The van der Waals surface area contributed by atoms with Crippen LogP contribution in [0.1, 0.15) is 33.8 Å². The number of hydrogen-bond acceptors (Lipinski definition) is 8. The van der Waals surface area contributed by atoms with Gasteiger partial charge in [0.2, 0.25) is 5.91 Å². The number of rotatable bonds is 3. The van der Waals surface area contributed by atoms with Gasteiger partial charge in [0.15, 0.2) is 5.78 Å². The minimum atomic E-state index is -0.466. The lowest BCUT2D eigenvalue weighted by molar-refractivity contribution is -0.133. The first-order valence-electron chi connectivity index (χ1n) is 11.1. The van der Waals surface area contributed by atoms with Crippen molar-refractivity contribution in [1.82, 2.24) is 19.4 Å². The number of nitrogens with zero attached hydrogens (tertiary/aromatic N) is 4. The summed E-state index contributed by atoms with van der Waals surface area (Å²) < 4.78 is 1.61. The molecule has 8 nitrogen and oxygen atoms in total. The van der Waals surface area contributed by atoms with Crippen LogP contribution in [0.25, 0.3) is 10.2 Å². The molecule has 1 atom stereocenters. The van der Waals surface area contributed by atoms with E-state index in [0.717, 1.165) is 45.0 Å². The number of Topliss-reactive ketones (excluding diaryl/α,β-unsaturated/α-hetero) is 1. The second-order valence-electron chi connectivity index (χ2n) is 9.42. The molecule has 11 heteroatoms. The van der Waals surface area contributed by atoms with E-state index in [-0.39, 0.29) is 28.2 Å². The number of hydrogen-bond donors (Lipinski definition) is 1. The van der Waals surface area contributed by atoms with Crippen LogP contribution in [0, 0.1) is 5.92 Å². The Kier molecular flexibility index (Phi) is 5.06. The predicted molar refractivity (Wildman–Crippen MR) is 135 cm³/mol. The molecule has 3 aliphatic rings. The van der Waals surface area contributed by atoms with Crippen LogP contribution in [0.4, 0.5) is 11.5 Å². The average molecular weight is 516 g/mol. The molecule has 0 bridgehead atoms. The molecule has 1 spiro atoms. The number of ketones is 1. The number of fused-ring (bicyclic) bond motifs is 5. The first-order chi connectivity index (χ1) is 16.3. The molecule has 0 unspecified atom stereocenters. The maximum absolute atomic E-state index is 13.5. The van der Waals surface area contributed by atoms with Crippen molar-refractivity contribution in [2.75, 3.05) is 30.9 Å². The van der Waals surface area contributed by atoms with Gasteiger partial charge < -0.3 is 10.2 Å². The van der Waals surface area contributed by atoms with Crippen LogP contribution in [0.5, 0.6) is 0 Å². The SMILES string of the molecule is CN(C)C(=O)[C@H]1CCc2c(sc3ncnc(Nc4cc(Cl)c5n(c4=O)C4(CSC4)CC5=O)c23)C1. The lowest BCUT2D eigenvalue weighted by atomic mass is 9.87. The normalized spacial score (nSPS) is 20.2. The van der Waals surface area contributed by atoms with Crippen molar-refractivity contribution in [3.05, 3.63) is 43.9 Å². The molecule has 3 aromatic heterocycles. The van der Waals surface area contributed by atoms with E-state index in [9.17, 15) is 14.4 Å². The molecule has 0 saturated carbocycles. The van der Waals surface area contributed by atoms with E-state index < -0.39 is 5.54 Å². The summed E-state index contributed by atoms with van der Waals surface area (Å²) in [7, 11) is 3.58. The Labute approximate surface area is 208 Å². The van der Waals surface area contributed by atoms with Crippen LogP contribution in [0.15, 0.2) is 17.2 Å². The van der Waals surface area contributed by atoms with Crippen molar-refractivity contribution in [3.63, 3.8) is 0 Å². The summed E-state index contributed by atoms with van der Waals surface area (Å²) in [5, 5.41) is 4.39. The van der Waals surface area contributed by atoms with Gasteiger partial charge in [-0.05, 0) is 30.9 Å². The molecule has 176 valence electrons. The van der Waals surface area contributed by atoms with Crippen molar-refractivity contribution < 1.29 is 9.59 Å². The number of thioether (sulfide) groups is 1. The molecule has 0 aromatic carbocycles. The Morgan fingerprint density at radius 3 is 2.79 bits per heavy atom. The largest absolute Gasteiger partial charge is 0.349 e. The Morgan fingerprint density at radius 2 is 2.09 bits per heavy atom. The molecule has 3 aromatic rings. The first kappa shape index (κ1) is 22.1. The molecule has 5 heterocycles. The monoisotopic (exact) mass is 515 g/mol. The topological polar surface area (TPSA) is 97.2 Å². The highest BCUT2D eigenvalue weighted by molar-refractivity contribution is 8.00. The number of pyridine rings is 1. The number of aromatic nitrogens is 3. The quantitative estimate of drug-likeness (QED) is 0.570. The molecular weight excluding hydrogens is 494 g/mol. The van der Waals surface area contributed by atoms with Crippen LogP contribution >= 0.6 is 34.7 Å².